The lowest BCUT2D eigenvalue weighted by atomic mass is 9.97. The highest BCUT2D eigenvalue weighted by Crippen LogP contribution is 2.28. The first-order valence-corrected chi connectivity index (χ1v) is 12.4. The molecule has 7 heteroatoms. The first-order chi connectivity index (χ1) is 16.7. The highest BCUT2D eigenvalue weighted by molar-refractivity contribution is 7.15. The number of carbonyl (C=O) groups is 1. The van der Waals surface area contributed by atoms with Crippen LogP contribution in [0, 0.1) is 12.8 Å². The van der Waals surface area contributed by atoms with Crippen molar-refractivity contribution < 1.29 is 4.79 Å². The number of aromatic nitrogens is 3. The molecule has 1 unspecified atom stereocenters. The summed E-state index contributed by atoms with van der Waals surface area (Å²) in [5, 5.41) is 13.0. The molecule has 1 aliphatic rings. The summed E-state index contributed by atoms with van der Waals surface area (Å²) < 4.78 is 0. The summed E-state index contributed by atoms with van der Waals surface area (Å²) in [5.41, 5.74) is 3.98. The highest BCUT2D eigenvalue weighted by Gasteiger charge is 2.27. The van der Waals surface area contributed by atoms with E-state index in [0.29, 0.717) is 13.1 Å². The van der Waals surface area contributed by atoms with Gasteiger partial charge in [-0.25, -0.2) is 4.98 Å². The second-order valence-corrected chi connectivity index (χ2v) is 9.62. The van der Waals surface area contributed by atoms with E-state index in [2.05, 4.69) is 32.5 Å². The number of hydrogen-bond acceptors (Lipinski definition) is 6. The molecule has 4 aromatic rings. The Morgan fingerprint density at radius 2 is 1.74 bits per heavy atom. The number of piperidine rings is 1. The van der Waals surface area contributed by atoms with Gasteiger partial charge in [0.1, 0.15) is 5.01 Å². The Labute approximate surface area is 203 Å². The first-order valence-electron chi connectivity index (χ1n) is 11.6. The molecule has 1 amide bonds. The van der Waals surface area contributed by atoms with Crippen LogP contribution in [-0.4, -0.2) is 34.2 Å². The van der Waals surface area contributed by atoms with Gasteiger partial charge in [0, 0.05) is 29.1 Å². The monoisotopic (exact) mass is 469 g/mol. The Kier molecular flexibility index (Phi) is 6.62. The lowest BCUT2D eigenvalue weighted by Gasteiger charge is -2.32. The van der Waals surface area contributed by atoms with E-state index < -0.39 is 0 Å². The number of anilines is 1. The Hall–Kier alpha value is -3.58. The Bertz CT molecular complexity index is 1240. The van der Waals surface area contributed by atoms with Crippen LogP contribution in [-0.2, 0) is 11.3 Å². The lowest BCUT2D eigenvalue weighted by molar-refractivity contribution is -0.125. The Morgan fingerprint density at radius 1 is 1.00 bits per heavy atom. The van der Waals surface area contributed by atoms with Gasteiger partial charge >= 0.3 is 0 Å². The molecule has 1 atom stereocenters. The Balaban J connectivity index is 1.20. The zero-order chi connectivity index (χ0) is 23.3. The van der Waals surface area contributed by atoms with Gasteiger partial charge < -0.3 is 10.2 Å². The van der Waals surface area contributed by atoms with Crippen molar-refractivity contribution in [2.24, 2.45) is 5.92 Å². The second kappa shape index (κ2) is 10.1. The number of hydrogen-bond donors (Lipinski definition) is 1. The quantitative estimate of drug-likeness (QED) is 0.425. The number of thiazole rings is 1. The molecule has 1 N–H and O–H groups in total. The zero-order valence-corrected chi connectivity index (χ0v) is 20.0. The number of benzene rings is 2. The van der Waals surface area contributed by atoms with Gasteiger partial charge in [0.2, 0.25) is 5.91 Å². The second-order valence-electron chi connectivity index (χ2n) is 8.54. The largest absolute Gasteiger partial charge is 0.354 e. The van der Waals surface area contributed by atoms with Gasteiger partial charge in [-0.1, -0.05) is 60.7 Å². The average molecular weight is 470 g/mol. The molecular weight excluding hydrogens is 442 g/mol. The zero-order valence-electron chi connectivity index (χ0n) is 19.1. The van der Waals surface area contributed by atoms with Gasteiger partial charge in [-0.3, -0.25) is 4.79 Å². The summed E-state index contributed by atoms with van der Waals surface area (Å²) in [7, 11) is 0. The van der Waals surface area contributed by atoms with Crippen molar-refractivity contribution in [1.29, 1.82) is 0 Å². The minimum atomic E-state index is -0.0637. The number of carbonyl (C=O) groups excluding carboxylic acids is 1. The molecule has 0 aliphatic carbocycles. The fourth-order valence-electron chi connectivity index (χ4n) is 4.26. The van der Waals surface area contributed by atoms with Crippen LogP contribution in [0.3, 0.4) is 0 Å². The normalized spacial score (nSPS) is 15.8. The van der Waals surface area contributed by atoms with E-state index in [9.17, 15) is 4.79 Å². The summed E-state index contributed by atoms with van der Waals surface area (Å²) in [6.45, 7) is 4.06. The van der Waals surface area contributed by atoms with Crippen LogP contribution in [0.25, 0.3) is 21.8 Å². The molecule has 0 bridgehead atoms. The van der Waals surface area contributed by atoms with Gasteiger partial charge in [0.15, 0.2) is 5.82 Å². The van der Waals surface area contributed by atoms with E-state index in [1.165, 1.54) is 0 Å². The maximum Gasteiger partial charge on any atom is 0.225 e. The predicted molar refractivity (Wildman–Crippen MR) is 137 cm³/mol. The maximum atomic E-state index is 13.0. The molecule has 0 radical (unpaired) electrons. The van der Waals surface area contributed by atoms with Gasteiger partial charge in [0.05, 0.1) is 23.9 Å². The summed E-state index contributed by atoms with van der Waals surface area (Å²) in [6, 6.07) is 24.2. The van der Waals surface area contributed by atoms with Crippen LogP contribution in [0.1, 0.15) is 23.4 Å². The third-order valence-corrected chi connectivity index (χ3v) is 7.38. The van der Waals surface area contributed by atoms with Gasteiger partial charge in [-0.05, 0) is 31.9 Å². The molecule has 1 saturated heterocycles. The van der Waals surface area contributed by atoms with Crippen LogP contribution < -0.4 is 10.2 Å². The summed E-state index contributed by atoms with van der Waals surface area (Å²) >= 11 is 1.64. The SMILES string of the molecule is Cc1nc(-c2ccccc2)sc1CNC(=O)C1CCCN(c2ccc(-c3ccccc3)nn2)C1. The van der Waals surface area contributed by atoms with E-state index in [1.54, 1.807) is 11.3 Å². The van der Waals surface area contributed by atoms with Crippen molar-refractivity contribution in [3.63, 3.8) is 0 Å². The molecule has 5 rings (SSSR count). The summed E-state index contributed by atoms with van der Waals surface area (Å²) in [5.74, 6) is 0.849. The van der Waals surface area contributed by atoms with Crippen molar-refractivity contribution in [3.8, 4) is 21.8 Å². The Morgan fingerprint density at radius 3 is 2.44 bits per heavy atom. The van der Waals surface area contributed by atoms with E-state index in [0.717, 1.165) is 57.6 Å². The molecule has 1 fully saturated rings. The third-order valence-electron chi connectivity index (χ3n) is 6.17. The molecule has 172 valence electrons. The first kappa shape index (κ1) is 22.2. The smallest absolute Gasteiger partial charge is 0.225 e. The molecule has 34 heavy (non-hydrogen) atoms. The summed E-state index contributed by atoms with van der Waals surface area (Å²) in [4.78, 5) is 20.9. The van der Waals surface area contributed by atoms with E-state index >= 15 is 0 Å². The van der Waals surface area contributed by atoms with Crippen LogP contribution in [0.5, 0.6) is 0 Å². The van der Waals surface area contributed by atoms with Gasteiger partial charge in [-0.15, -0.1) is 21.5 Å². The maximum absolute atomic E-state index is 13.0. The number of nitrogens with one attached hydrogen (secondary N) is 1. The topological polar surface area (TPSA) is 71.0 Å². The fourth-order valence-corrected chi connectivity index (χ4v) is 5.27. The van der Waals surface area contributed by atoms with E-state index in [-0.39, 0.29) is 11.8 Å². The minimum absolute atomic E-state index is 0.0637. The molecule has 2 aromatic carbocycles. The van der Waals surface area contributed by atoms with Crippen LogP contribution >= 0.6 is 11.3 Å². The number of amides is 1. The molecule has 6 nitrogen and oxygen atoms in total. The lowest BCUT2D eigenvalue weighted by Crippen LogP contribution is -2.43. The molecule has 2 aromatic heterocycles. The molecule has 0 saturated carbocycles. The standard InChI is InChI=1S/C27H27N5OS/c1-19-24(34-27(29-19)21-11-6-3-7-12-21)17-28-26(33)22-13-8-16-32(18-22)25-15-14-23(30-31-25)20-9-4-2-5-10-20/h2-7,9-12,14-15,22H,8,13,16-18H2,1H3,(H,28,33). The van der Waals surface area contributed by atoms with Crippen LogP contribution in [0.2, 0.25) is 0 Å². The van der Waals surface area contributed by atoms with Crippen molar-refractivity contribution >= 4 is 23.1 Å². The van der Waals surface area contributed by atoms with Crippen molar-refractivity contribution in [2.45, 2.75) is 26.3 Å². The third kappa shape index (κ3) is 4.99. The molecule has 3 heterocycles. The highest BCUT2D eigenvalue weighted by atomic mass is 32.1. The van der Waals surface area contributed by atoms with Crippen molar-refractivity contribution in [1.82, 2.24) is 20.5 Å². The summed E-state index contributed by atoms with van der Waals surface area (Å²) in [6.07, 6.45) is 1.84. The van der Waals surface area contributed by atoms with E-state index in [1.807, 2.05) is 67.6 Å². The van der Waals surface area contributed by atoms with Crippen molar-refractivity contribution in [2.75, 3.05) is 18.0 Å². The number of nitrogens with zero attached hydrogens (tertiary/aromatic N) is 4. The fraction of sp³-hybridized carbons (Fsp3) is 0.259. The van der Waals surface area contributed by atoms with Gasteiger partial charge in [-0.2, -0.15) is 0 Å². The van der Waals surface area contributed by atoms with Crippen LogP contribution in [0.4, 0.5) is 5.82 Å². The number of rotatable bonds is 6. The minimum Gasteiger partial charge on any atom is -0.354 e. The van der Waals surface area contributed by atoms with Crippen LogP contribution in [0.15, 0.2) is 72.8 Å². The molecular formula is C27H27N5OS. The molecule has 0 spiro atoms. The average Bonchev–Trinajstić information content (AvgIpc) is 3.29. The predicted octanol–water partition coefficient (Wildman–Crippen LogP) is 5.11. The van der Waals surface area contributed by atoms with Crippen molar-refractivity contribution in [3.05, 3.63) is 83.4 Å². The van der Waals surface area contributed by atoms with E-state index in [4.69, 9.17) is 4.98 Å². The van der Waals surface area contributed by atoms with Gasteiger partial charge in [0.25, 0.3) is 0 Å². The number of aryl methyl sites for hydroxylation is 1. The molecule has 1 aliphatic heterocycles.